The number of carbonyl (C=O) groups is 1. The van der Waals surface area contributed by atoms with Crippen molar-refractivity contribution < 1.29 is 23.1 Å². The van der Waals surface area contributed by atoms with Crippen molar-refractivity contribution >= 4 is 11.7 Å². The molecule has 2 N–H and O–H groups in total. The number of halogens is 3. The minimum absolute atomic E-state index is 0.456. The molecule has 0 amide bonds. The van der Waals surface area contributed by atoms with Gasteiger partial charge in [-0.25, -0.2) is 0 Å². The predicted octanol–water partition coefficient (Wildman–Crippen LogP) is 2.36. The highest BCUT2D eigenvalue weighted by Crippen LogP contribution is 2.26. The van der Waals surface area contributed by atoms with E-state index in [0.29, 0.717) is 5.69 Å². The van der Waals surface area contributed by atoms with Gasteiger partial charge >= 0.3 is 12.1 Å². The van der Waals surface area contributed by atoms with E-state index in [2.05, 4.69) is 5.32 Å². The fraction of sp³-hybridized carbons (Fsp3) is 0.300. The van der Waals surface area contributed by atoms with E-state index in [1.807, 2.05) is 0 Å². The molecule has 1 unspecified atom stereocenters. The molecule has 0 saturated heterocycles. The number of alkyl halides is 3. The molecule has 1 aromatic rings. The Balaban J connectivity index is 2.62. The second-order valence-electron chi connectivity index (χ2n) is 3.18. The first kappa shape index (κ1) is 12.4. The lowest BCUT2D eigenvalue weighted by Crippen LogP contribution is -2.36. The molecule has 6 heteroatoms. The molecule has 16 heavy (non-hydrogen) atoms. The van der Waals surface area contributed by atoms with Crippen molar-refractivity contribution in [3.63, 3.8) is 0 Å². The van der Waals surface area contributed by atoms with E-state index in [9.17, 15) is 18.0 Å². The minimum atomic E-state index is -4.74. The Morgan fingerprint density at radius 1 is 1.31 bits per heavy atom. The zero-order valence-electron chi connectivity index (χ0n) is 8.16. The van der Waals surface area contributed by atoms with E-state index >= 15 is 0 Å². The maximum absolute atomic E-state index is 12.3. The molecule has 0 bridgehead atoms. The topological polar surface area (TPSA) is 49.3 Å². The smallest absolute Gasteiger partial charge is 0.403 e. The third kappa shape index (κ3) is 3.45. The second kappa shape index (κ2) is 4.87. The van der Waals surface area contributed by atoms with Crippen LogP contribution in [0.25, 0.3) is 0 Å². The van der Waals surface area contributed by atoms with Crippen molar-refractivity contribution in [2.45, 2.75) is 6.18 Å². The average Bonchev–Trinajstić information content (AvgIpc) is 2.17. The maximum Gasteiger partial charge on any atom is 0.403 e. The van der Waals surface area contributed by atoms with Gasteiger partial charge in [0.15, 0.2) is 5.92 Å². The molecular formula is C10H10F3NO2. The largest absolute Gasteiger partial charge is 0.481 e. The molecule has 0 aromatic heterocycles. The van der Waals surface area contributed by atoms with Crippen molar-refractivity contribution in [1.82, 2.24) is 0 Å². The molecule has 0 spiro atoms. The zero-order valence-corrected chi connectivity index (χ0v) is 8.16. The molecule has 0 radical (unpaired) electrons. The number of aliphatic carboxylic acids is 1. The van der Waals surface area contributed by atoms with Crippen LogP contribution in [0, 0.1) is 5.92 Å². The predicted molar refractivity (Wildman–Crippen MR) is 52.1 cm³/mol. The van der Waals surface area contributed by atoms with E-state index in [1.54, 1.807) is 30.3 Å². The first-order chi connectivity index (χ1) is 7.41. The first-order valence-corrected chi connectivity index (χ1v) is 4.49. The summed E-state index contributed by atoms with van der Waals surface area (Å²) in [4.78, 5) is 10.4. The molecule has 0 aliphatic carbocycles. The molecule has 0 aliphatic heterocycles. The summed E-state index contributed by atoms with van der Waals surface area (Å²) in [6.45, 7) is -0.678. The average molecular weight is 233 g/mol. The van der Waals surface area contributed by atoms with Crippen LogP contribution in [0.4, 0.5) is 18.9 Å². The van der Waals surface area contributed by atoms with Gasteiger partial charge in [-0.1, -0.05) is 18.2 Å². The van der Waals surface area contributed by atoms with Gasteiger partial charge < -0.3 is 10.4 Å². The fourth-order valence-electron chi connectivity index (χ4n) is 1.12. The molecule has 3 nitrogen and oxygen atoms in total. The highest BCUT2D eigenvalue weighted by atomic mass is 19.4. The van der Waals surface area contributed by atoms with Crippen molar-refractivity contribution in [3.8, 4) is 0 Å². The summed E-state index contributed by atoms with van der Waals surface area (Å²) in [6.07, 6.45) is -4.74. The van der Waals surface area contributed by atoms with Crippen LogP contribution in [0.3, 0.4) is 0 Å². The number of hydrogen-bond donors (Lipinski definition) is 2. The van der Waals surface area contributed by atoms with Crippen molar-refractivity contribution in [3.05, 3.63) is 30.3 Å². The van der Waals surface area contributed by atoms with Gasteiger partial charge in [0.2, 0.25) is 0 Å². The van der Waals surface area contributed by atoms with Gasteiger partial charge in [-0.2, -0.15) is 13.2 Å². The van der Waals surface area contributed by atoms with Crippen molar-refractivity contribution in [2.24, 2.45) is 5.92 Å². The molecule has 0 saturated carbocycles. The molecule has 0 aliphatic rings. The summed E-state index contributed by atoms with van der Waals surface area (Å²) in [5.74, 6) is -4.27. The Kier molecular flexibility index (Phi) is 3.76. The van der Waals surface area contributed by atoms with Crippen LogP contribution >= 0.6 is 0 Å². The molecule has 1 rings (SSSR count). The summed E-state index contributed by atoms with van der Waals surface area (Å²) in [6, 6.07) is 8.13. The van der Waals surface area contributed by atoms with Crippen LogP contribution in [0.2, 0.25) is 0 Å². The number of hydrogen-bond acceptors (Lipinski definition) is 2. The monoisotopic (exact) mass is 233 g/mol. The van der Waals surface area contributed by atoms with Gasteiger partial charge in [0.1, 0.15) is 0 Å². The van der Waals surface area contributed by atoms with Gasteiger partial charge in [-0.3, -0.25) is 4.79 Å². The molecular weight excluding hydrogens is 223 g/mol. The van der Waals surface area contributed by atoms with Crippen molar-refractivity contribution in [2.75, 3.05) is 11.9 Å². The maximum atomic E-state index is 12.3. The van der Waals surface area contributed by atoms with E-state index in [-0.39, 0.29) is 0 Å². The molecule has 1 aromatic carbocycles. The number of para-hydroxylation sites is 1. The van der Waals surface area contributed by atoms with Crippen LogP contribution < -0.4 is 5.32 Å². The second-order valence-corrected chi connectivity index (χ2v) is 3.18. The number of carboxylic acids is 1. The normalized spacial score (nSPS) is 13.2. The van der Waals surface area contributed by atoms with Crippen LogP contribution in [0.1, 0.15) is 0 Å². The Morgan fingerprint density at radius 2 is 1.88 bits per heavy atom. The standard InChI is InChI=1S/C10H10F3NO2/c11-10(12,13)8(9(15)16)6-14-7-4-2-1-3-5-7/h1-5,8,14H,6H2,(H,15,16). The van der Waals surface area contributed by atoms with Crippen LogP contribution in [0.15, 0.2) is 30.3 Å². The summed E-state index contributed by atoms with van der Waals surface area (Å²) in [5, 5.41) is 10.9. The lowest BCUT2D eigenvalue weighted by atomic mass is 10.1. The highest BCUT2D eigenvalue weighted by molar-refractivity contribution is 5.71. The molecule has 0 fully saturated rings. The number of anilines is 1. The zero-order chi connectivity index (χ0) is 12.2. The number of nitrogens with one attached hydrogen (secondary N) is 1. The SMILES string of the molecule is O=C(O)C(CNc1ccccc1)C(F)(F)F. The Bertz CT molecular complexity index is 351. The van der Waals surface area contributed by atoms with Crippen LogP contribution in [-0.4, -0.2) is 23.8 Å². The third-order valence-electron chi connectivity index (χ3n) is 1.98. The van der Waals surface area contributed by atoms with Crippen LogP contribution in [-0.2, 0) is 4.79 Å². The summed E-state index contributed by atoms with van der Waals surface area (Å²) in [5.41, 5.74) is 0.456. The van der Waals surface area contributed by atoms with Gasteiger partial charge in [-0.15, -0.1) is 0 Å². The van der Waals surface area contributed by atoms with Gasteiger partial charge in [-0.05, 0) is 12.1 Å². The van der Waals surface area contributed by atoms with E-state index in [4.69, 9.17) is 5.11 Å². The molecule has 0 heterocycles. The van der Waals surface area contributed by atoms with Gasteiger partial charge in [0.25, 0.3) is 0 Å². The van der Waals surface area contributed by atoms with E-state index in [0.717, 1.165) is 0 Å². The van der Waals surface area contributed by atoms with Crippen molar-refractivity contribution in [1.29, 1.82) is 0 Å². The lowest BCUT2D eigenvalue weighted by Gasteiger charge is -2.17. The summed E-state index contributed by atoms with van der Waals surface area (Å²) in [7, 11) is 0. The van der Waals surface area contributed by atoms with Crippen LogP contribution in [0.5, 0.6) is 0 Å². The van der Waals surface area contributed by atoms with Gasteiger partial charge in [0.05, 0.1) is 0 Å². The summed E-state index contributed by atoms with van der Waals surface area (Å²) >= 11 is 0. The van der Waals surface area contributed by atoms with E-state index in [1.165, 1.54) is 0 Å². The molecule has 1 atom stereocenters. The number of carboxylic acid groups (broad SMARTS) is 1. The lowest BCUT2D eigenvalue weighted by molar-refractivity contribution is -0.190. The van der Waals surface area contributed by atoms with Gasteiger partial charge in [0, 0.05) is 12.2 Å². The quantitative estimate of drug-likeness (QED) is 0.839. The number of benzene rings is 1. The number of rotatable bonds is 4. The minimum Gasteiger partial charge on any atom is -0.481 e. The Labute approximate surface area is 89.9 Å². The fourth-order valence-corrected chi connectivity index (χ4v) is 1.12. The van der Waals surface area contributed by atoms with E-state index < -0.39 is 24.6 Å². The third-order valence-corrected chi connectivity index (χ3v) is 1.98. The first-order valence-electron chi connectivity index (χ1n) is 4.49. The molecule has 88 valence electrons. The highest BCUT2D eigenvalue weighted by Gasteiger charge is 2.44. The Hall–Kier alpha value is -1.72. The Morgan fingerprint density at radius 3 is 2.31 bits per heavy atom. The summed E-state index contributed by atoms with van der Waals surface area (Å²) < 4.78 is 36.8.